The summed E-state index contributed by atoms with van der Waals surface area (Å²) in [5, 5.41) is 12.0. The zero-order valence-corrected chi connectivity index (χ0v) is 12.5. The lowest BCUT2D eigenvalue weighted by molar-refractivity contribution is -0.136. The predicted octanol–water partition coefficient (Wildman–Crippen LogP) is 2.35. The van der Waals surface area contributed by atoms with Gasteiger partial charge in [0.15, 0.2) is 0 Å². The van der Waals surface area contributed by atoms with E-state index in [2.05, 4.69) is 15.5 Å². The summed E-state index contributed by atoms with van der Waals surface area (Å²) in [5.74, 6) is -0.395. The normalized spacial score (nSPS) is 12.0. The Morgan fingerprint density at radius 3 is 3.00 bits per heavy atom. The van der Waals surface area contributed by atoms with Gasteiger partial charge in [0.2, 0.25) is 0 Å². The lowest BCUT2D eigenvalue weighted by Gasteiger charge is -2.12. The van der Waals surface area contributed by atoms with Crippen LogP contribution in [0.2, 0.25) is 0 Å². The van der Waals surface area contributed by atoms with Crippen molar-refractivity contribution in [2.24, 2.45) is 0 Å². The Balaban J connectivity index is 1.64. The summed E-state index contributed by atoms with van der Waals surface area (Å²) in [6.45, 7) is 1.59. The molecule has 0 saturated heterocycles. The van der Waals surface area contributed by atoms with Crippen molar-refractivity contribution in [2.75, 3.05) is 0 Å². The second kappa shape index (κ2) is 5.98. The van der Waals surface area contributed by atoms with Gasteiger partial charge in [0.25, 0.3) is 5.91 Å². The van der Waals surface area contributed by atoms with E-state index >= 15 is 0 Å². The van der Waals surface area contributed by atoms with E-state index in [0.29, 0.717) is 10.6 Å². The molecule has 22 heavy (non-hydrogen) atoms. The maximum absolute atomic E-state index is 12.0. The summed E-state index contributed by atoms with van der Waals surface area (Å²) in [6.07, 6.45) is 1.65. The minimum Gasteiger partial charge on any atom is -0.425 e. The van der Waals surface area contributed by atoms with Gasteiger partial charge in [-0.25, -0.2) is 4.79 Å². The molecule has 0 aliphatic heterocycles. The fourth-order valence-electron chi connectivity index (χ4n) is 1.92. The highest BCUT2D eigenvalue weighted by atomic mass is 32.1. The molecule has 2 heterocycles. The lowest BCUT2D eigenvalue weighted by atomic mass is 10.2. The molecule has 0 bridgehead atoms. The van der Waals surface area contributed by atoms with E-state index in [1.54, 1.807) is 48.8 Å². The van der Waals surface area contributed by atoms with Crippen LogP contribution in [-0.4, -0.2) is 28.1 Å². The van der Waals surface area contributed by atoms with Crippen LogP contribution in [0.5, 0.6) is 5.75 Å². The molecule has 1 amide bonds. The van der Waals surface area contributed by atoms with Crippen LogP contribution in [0.15, 0.2) is 41.9 Å². The standard InChI is InChI=1S/C15H13N3O3S/c1-9(17-14(19)13-3-2-6-22-13)15(20)21-11-4-5-12-10(7-11)8-16-18-12/h2-9H,1H3,(H,16,18)(H,17,19). The number of H-pyrrole nitrogens is 1. The molecule has 0 aliphatic rings. The van der Waals surface area contributed by atoms with E-state index < -0.39 is 12.0 Å². The summed E-state index contributed by atoms with van der Waals surface area (Å²) < 4.78 is 5.28. The number of benzene rings is 1. The number of aromatic amines is 1. The summed E-state index contributed by atoms with van der Waals surface area (Å²) in [7, 11) is 0. The predicted molar refractivity (Wildman–Crippen MR) is 83.0 cm³/mol. The minimum atomic E-state index is -0.741. The van der Waals surface area contributed by atoms with Crippen molar-refractivity contribution >= 4 is 34.1 Å². The van der Waals surface area contributed by atoms with Crippen molar-refractivity contribution in [3.05, 3.63) is 46.8 Å². The number of fused-ring (bicyclic) bond motifs is 1. The van der Waals surface area contributed by atoms with Crippen LogP contribution >= 0.6 is 11.3 Å². The van der Waals surface area contributed by atoms with E-state index in [9.17, 15) is 9.59 Å². The van der Waals surface area contributed by atoms with Crippen molar-refractivity contribution in [2.45, 2.75) is 13.0 Å². The van der Waals surface area contributed by atoms with E-state index in [4.69, 9.17) is 4.74 Å². The lowest BCUT2D eigenvalue weighted by Crippen LogP contribution is -2.40. The molecule has 7 heteroatoms. The third-order valence-electron chi connectivity index (χ3n) is 3.08. The van der Waals surface area contributed by atoms with Gasteiger partial charge in [-0.05, 0) is 36.6 Å². The summed E-state index contributed by atoms with van der Waals surface area (Å²) in [4.78, 5) is 24.5. The van der Waals surface area contributed by atoms with Gasteiger partial charge in [-0.2, -0.15) is 5.10 Å². The number of ether oxygens (including phenoxy) is 1. The highest BCUT2D eigenvalue weighted by molar-refractivity contribution is 7.12. The third kappa shape index (κ3) is 2.99. The Kier molecular flexibility index (Phi) is 3.88. The molecule has 0 radical (unpaired) electrons. The Morgan fingerprint density at radius 2 is 2.23 bits per heavy atom. The van der Waals surface area contributed by atoms with Crippen LogP contribution in [0.3, 0.4) is 0 Å². The molecular weight excluding hydrogens is 302 g/mol. The van der Waals surface area contributed by atoms with Gasteiger partial charge in [-0.15, -0.1) is 11.3 Å². The monoisotopic (exact) mass is 315 g/mol. The van der Waals surface area contributed by atoms with Gasteiger partial charge in [-0.3, -0.25) is 9.89 Å². The van der Waals surface area contributed by atoms with Crippen LogP contribution in [0.1, 0.15) is 16.6 Å². The second-order valence-corrected chi connectivity index (χ2v) is 5.66. The van der Waals surface area contributed by atoms with E-state index in [1.165, 1.54) is 11.3 Å². The SMILES string of the molecule is CC(NC(=O)c1cccs1)C(=O)Oc1ccc2[nH]ncc2c1. The molecule has 1 aromatic carbocycles. The van der Waals surface area contributed by atoms with Crippen LogP contribution in [0.4, 0.5) is 0 Å². The van der Waals surface area contributed by atoms with E-state index in [0.717, 1.165) is 10.9 Å². The van der Waals surface area contributed by atoms with Crippen molar-refractivity contribution in [3.63, 3.8) is 0 Å². The Hall–Kier alpha value is -2.67. The molecule has 2 N–H and O–H groups in total. The second-order valence-electron chi connectivity index (χ2n) is 4.71. The first-order valence-electron chi connectivity index (χ1n) is 6.62. The fraction of sp³-hybridized carbons (Fsp3) is 0.133. The smallest absolute Gasteiger partial charge is 0.333 e. The molecule has 3 rings (SSSR count). The fourth-order valence-corrected chi connectivity index (χ4v) is 2.55. The molecule has 0 aliphatic carbocycles. The Bertz CT molecular complexity index is 810. The first kappa shape index (κ1) is 14.3. The number of esters is 1. The van der Waals surface area contributed by atoms with Crippen LogP contribution in [0.25, 0.3) is 10.9 Å². The third-order valence-corrected chi connectivity index (χ3v) is 3.94. The number of amides is 1. The number of carbonyl (C=O) groups excluding carboxylic acids is 2. The number of rotatable bonds is 4. The van der Waals surface area contributed by atoms with Gasteiger partial charge < -0.3 is 10.1 Å². The largest absolute Gasteiger partial charge is 0.425 e. The molecule has 1 atom stereocenters. The number of thiophene rings is 1. The van der Waals surface area contributed by atoms with Crippen LogP contribution < -0.4 is 10.1 Å². The van der Waals surface area contributed by atoms with Gasteiger partial charge in [0, 0.05) is 5.39 Å². The maximum atomic E-state index is 12.0. The van der Waals surface area contributed by atoms with Crippen molar-refractivity contribution in [3.8, 4) is 5.75 Å². The van der Waals surface area contributed by atoms with Crippen molar-refractivity contribution < 1.29 is 14.3 Å². The topological polar surface area (TPSA) is 84.1 Å². The van der Waals surface area contributed by atoms with Gasteiger partial charge in [0.05, 0.1) is 16.6 Å². The van der Waals surface area contributed by atoms with E-state index in [1.807, 2.05) is 0 Å². The minimum absolute atomic E-state index is 0.287. The summed E-state index contributed by atoms with van der Waals surface area (Å²) in [5.41, 5.74) is 0.860. The first-order valence-corrected chi connectivity index (χ1v) is 7.50. The van der Waals surface area contributed by atoms with Gasteiger partial charge >= 0.3 is 5.97 Å². The maximum Gasteiger partial charge on any atom is 0.333 e. The van der Waals surface area contributed by atoms with Crippen molar-refractivity contribution in [1.82, 2.24) is 15.5 Å². The molecule has 0 saturated carbocycles. The number of hydrogen-bond acceptors (Lipinski definition) is 5. The molecule has 1 unspecified atom stereocenters. The Morgan fingerprint density at radius 1 is 1.36 bits per heavy atom. The van der Waals surface area contributed by atoms with Gasteiger partial charge in [-0.1, -0.05) is 6.07 Å². The number of carbonyl (C=O) groups is 2. The summed E-state index contributed by atoms with van der Waals surface area (Å²) >= 11 is 1.32. The van der Waals surface area contributed by atoms with E-state index in [-0.39, 0.29) is 5.91 Å². The first-order chi connectivity index (χ1) is 10.6. The molecule has 3 aromatic rings. The number of nitrogens with zero attached hydrogens (tertiary/aromatic N) is 1. The highest BCUT2D eigenvalue weighted by Crippen LogP contribution is 2.19. The molecular formula is C15H13N3O3S. The van der Waals surface area contributed by atoms with Crippen molar-refractivity contribution in [1.29, 1.82) is 0 Å². The average molecular weight is 315 g/mol. The molecule has 0 fully saturated rings. The molecule has 6 nitrogen and oxygen atoms in total. The summed E-state index contributed by atoms with van der Waals surface area (Å²) in [6, 6.07) is 7.90. The average Bonchev–Trinajstić information content (AvgIpc) is 3.18. The number of nitrogens with one attached hydrogen (secondary N) is 2. The Labute approximate surface area is 130 Å². The number of aromatic nitrogens is 2. The van der Waals surface area contributed by atoms with Crippen LogP contribution in [-0.2, 0) is 4.79 Å². The zero-order chi connectivity index (χ0) is 15.5. The highest BCUT2D eigenvalue weighted by Gasteiger charge is 2.19. The molecule has 2 aromatic heterocycles. The molecule has 112 valence electrons. The van der Waals surface area contributed by atoms with Gasteiger partial charge in [0.1, 0.15) is 11.8 Å². The zero-order valence-electron chi connectivity index (χ0n) is 11.7. The molecule has 0 spiro atoms. The quantitative estimate of drug-likeness (QED) is 0.572. The van der Waals surface area contributed by atoms with Crippen LogP contribution in [0, 0.1) is 0 Å². The number of hydrogen-bond donors (Lipinski definition) is 2.